The van der Waals surface area contributed by atoms with E-state index >= 15 is 0 Å². The van der Waals surface area contributed by atoms with Gasteiger partial charge in [-0.2, -0.15) is 0 Å². The number of hydrogen-bond donors (Lipinski definition) is 0. The number of ether oxygens (including phenoxy) is 2. The van der Waals surface area contributed by atoms with Crippen molar-refractivity contribution < 1.29 is 19.1 Å². The summed E-state index contributed by atoms with van der Waals surface area (Å²) in [6, 6.07) is 0. The van der Waals surface area contributed by atoms with E-state index in [0.717, 1.165) is 51.4 Å². The van der Waals surface area contributed by atoms with Gasteiger partial charge in [-0.15, -0.1) is 0 Å². The minimum Gasteiger partial charge on any atom is -0.434 e. The van der Waals surface area contributed by atoms with Crippen LogP contribution in [0.15, 0.2) is 11.6 Å². The Bertz CT molecular complexity index is 712. The van der Waals surface area contributed by atoms with Gasteiger partial charge in [-0.25, -0.2) is 4.79 Å². The molecule has 0 amide bonds. The van der Waals surface area contributed by atoms with Crippen LogP contribution in [-0.2, 0) is 14.3 Å². The van der Waals surface area contributed by atoms with E-state index in [9.17, 15) is 9.59 Å². The van der Waals surface area contributed by atoms with Gasteiger partial charge in [0.1, 0.15) is 6.10 Å². The molecule has 0 aromatic heterocycles. The van der Waals surface area contributed by atoms with Gasteiger partial charge < -0.3 is 9.47 Å². The number of fused-ring (bicyclic) bond motifs is 5. The molecule has 3 fully saturated rings. The molecule has 168 valence electrons. The number of unbranched alkanes of at least 4 members (excludes halogenated alkanes) is 2. The predicted molar refractivity (Wildman–Crippen MR) is 117 cm³/mol. The standard InChI is InChI=1S/C26H40O4/c1-5-6-7-14-29-24(28)30-22-9-8-20-23-17(2)15-18-16-19(27)10-12-25(18,3)21(23)11-13-26(20,22)4/h16-17,20-23H,5-15H2,1-4H3. The van der Waals surface area contributed by atoms with Crippen molar-refractivity contribution in [3.05, 3.63) is 11.6 Å². The third kappa shape index (κ3) is 3.62. The summed E-state index contributed by atoms with van der Waals surface area (Å²) in [7, 11) is 0. The molecule has 0 spiro atoms. The van der Waals surface area contributed by atoms with Crippen molar-refractivity contribution in [3.63, 3.8) is 0 Å². The fourth-order valence-electron chi connectivity index (χ4n) is 7.71. The van der Waals surface area contributed by atoms with Crippen LogP contribution in [0.5, 0.6) is 0 Å². The first-order valence-electron chi connectivity index (χ1n) is 12.4. The van der Waals surface area contributed by atoms with Gasteiger partial charge in [0.15, 0.2) is 5.78 Å². The van der Waals surface area contributed by atoms with E-state index in [4.69, 9.17) is 9.47 Å². The summed E-state index contributed by atoms with van der Waals surface area (Å²) >= 11 is 0. The SMILES string of the molecule is CCCCCOC(=O)OC1CCC2C3C(C)CC4=CC(=O)CCC4(C)C3CCC12C. The Morgan fingerprint density at radius 1 is 1.13 bits per heavy atom. The van der Waals surface area contributed by atoms with E-state index in [1.54, 1.807) is 0 Å². The maximum absolute atomic E-state index is 12.3. The molecule has 0 bridgehead atoms. The van der Waals surface area contributed by atoms with E-state index in [0.29, 0.717) is 42.5 Å². The molecule has 4 heteroatoms. The van der Waals surface area contributed by atoms with Crippen LogP contribution < -0.4 is 0 Å². The van der Waals surface area contributed by atoms with E-state index in [1.807, 2.05) is 6.08 Å². The smallest absolute Gasteiger partial charge is 0.434 e. The molecule has 7 unspecified atom stereocenters. The molecule has 4 nitrogen and oxygen atoms in total. The normalized spacial score (nSPS) is 42.6. The van der Waals surface area contributed by atoms with Crippen molar-refractivity contribution in [2.45, 2.75) is 98.0 Å². The van der Waals surface area contributed by atoms with E-state index in [2.05, 4.69) is 27.7 Å². The summed E-state index contributed by atoms with van der Waals surface area (Å²) in [5.74, 6) is 2.82. The molecular weight excluding hydrogens is 376 g/mol. The summed E-state index contributed by atoms with van der Waals surface area (Å²) in [6.45, 7) is 9.78. The van der Waals surface area contributed by atoms with Crippen LogP contribution in [0, 0.1) is 34.5 Å². The van der Waals surface area contributed by atoms with Crippen molar-refractivity contribution in [2.24, 2.45) is 34.5 Å². The first kappa shape index (κ1) is 21.9. The lowest BCUT2D eigenvalue weighted by molar-refractivity contribution is -0.120. The summed E-state index contributed by atoms with van der Waals surface area (Å²) in [4.78, 5) is 24.4. The Balaban J connectivity index is 1.47. The average molecular weight is 417 g/mol. The monoisotopic (exact) mass is 416 g/mol. The van der Waals surface area contributed by atoms with Crippen molar-refractivity contribution in [1.29, 1.82) is 0 Å². The molecule has 30 heavy (non-hydrogen) atoms. The minimum absolute atomic E-state index is 0.0213. The topological polar surface area (TPSA) is 52.6 Å². The first-order valence-corrected chi connectivity index (χ1v) is 12.4. The molecule has 0 aliphatic heterocycles. The summed E-state index contributed by atoms with van der Waals surface area (Å²) in [5, 5.41) is 0. The molecule has 0 N–H and O–H groups in total. The highest BCUT2D eigenvalue weighted by Crippen LogP contribution is 2.66. The summed E-state index contributed by atoms with van der Waals surface area (Å²) < 4.78 is 11.3. The van der Waals surface area contributed by atoms with Gasteiger partial charge in [0.25, 0.3) is 0 Å². The van der Waals surface area contributed by atoms with E-state index < -0.39 is 6.16 Å². The molecule has 0 heterocycles. The lowest BCUT2D eigenvalue weighted by Crippen LogP contribution is -2.54. The maximum Gasteiger partial charge on any atom is 0.508 e. The number of carbonyl (C=O) groups is 2. The van der Waals surface area contributed by atoms with E-state index in [-0.39, 0.29) is 16.9 Å². The predicted octanol–water partition coefficient (Wildman–Crippen LogP) is 6.48. The quantitative estimate of drug-likeness (QED) is 0.380. The molecule has 0 saturated heterocycles. The largest absolute Gasteiger partial charge is 0.508 e. The second-order valence-electron chi connectivity index (χ2n) is 11.1. The van der Waals surface area contributed by atoms with Crippen LogP contribution in [0.4, 0.5) is 4.79 Å². The molecule has 3 saturated carbocycles. The number of rotatable bonds is 5. The zero-order valence-corrected chi connectivity index (χ0v) is 19.4. The molecule has 7 atom stereocenters. The third-order valence-corrected chi connectivity index (χ3v) is 9.43. The van der Waals surface area contributed by atoms with Crippen molar-refractivity contribution in [3.8, 4) is 0 Å². The molecule has 0 aromatic carbocycles. The second kappa shape index (κ2) is 8.31. The second-order valence-corrected chi connectivity index (χ2v) is 11.1. The van der Waals surface area contributed by atoms with Crippen LogP contribution in [0.2, 0.25) is 0 Å². The van der Waals surface area contributed by atoms with Gasteiger partial charge in [0.2, 0.25) is 0 Å². The highest BCUT2D eigenvalue weighted by molar-refractivity contribution is 5.91. The third-order valence-electron chi connectivity index (χ3n) is 9.43. The van der Waals surface area contributed by atoms with Gasteiger partial charge in [-0.3, -0.25) is 4.79 Å². The molecule has 4 aliphatic rings. The number of allylic oxidation sites excluding steroid dienone is 1. The average Bonchev–Trinajstić information content (AvgIpc) is 3.03. The molecule has 0 radical (unpaired) electrons. The summed E-state index contributed by atoms with van der Waals surface area (Å²) in [5.41, 5.74) is 1.65. The highest BCUT2D eigenvalue weighted by atomic mass is 16.7. The van der Waals surface area contributed by atoms with Gasteiger partial charge >= 0.3 is 6.16 Å². The highest BCUT2D eigenvalue weighted by Gasteiger charge is 2.61. The van der Waals surface area contributed by atoms with Crippen LogP contribution in [-0.4, -0.2) is 24.6 Å². The Hall–Kier alpha value is -1.32. The number of carbonyl (C=O) groups excluding carboxylic acids is 2. The van der Waals surface area contributed by atoms with Crippen LogP contribution in [0.25, 0.3) is 0 Å². The maximum atomic E-state index is 12.3. The van der Waals surface area contributed by atoms with Gasteiger partial charge in [-0.1, -0.05) is 46.1 Å². The van der Waals surface area contributed by atoms with Crippen molar-refractivity contribution in [1.82, 2.24) is 0 Å². The molecule has 4 rings (SSSR count). The molecule has 0 aromatic rings. The van der Waals surface area contributed by atoms with Crippen LogP contribution >= 0.6 is 0 Å². The van der Waals surface area contributed by atoms with E-state index in [1.165, 1.54) is 12.0 Å². The Kier molecular flexibility index (Phi) is 6.07. The Morgan fingerprint density at radius 2 is 1.93 bits per heavy atom. The van der Waals surface area contributed by atoms with Crippen molar-refractivity contribution >= 4 is 11.9 Å². The van der Waals surface area contributed by atoms with Gasteiger partial charge in [0.05, 0.1) is 6.61 Å². The van der Waals surface area contributed by atoms with Crippen LogP contribution in [0.1, 0.15) is 91.9 Å². The van der Waals surface area contributed by atoms with Crippen molar-refractivity contribution in [2.75, 3.05) is 6.61 Å². The number of ketones is 1. The molecule has 4 aliphatic carbocycles. The lowest BCUT2D eigenvalue weighted by Gasteiger charge is -2.59. The van der Waals surface area contributed by atoms with Gasteiger partial charge in [-0.05, 0) is 80.1 Å². The lowest BCUT2D eigenvalue weighted by atomic mass is 9.45. The Morgan fingerprint density at radius 3 is 2.70 bits per heavy atom. The Labute approximate surface area is 182 Å². The molecular formula is C26H40O4. The minimum atomic E-state index is -0.472. The van der Waals surface area contributed by atoms with Gasteiger partial charge in [0, 0.05) is 11.8 Å². The zero-order valence-electron chi connectivity index (χ0n) is 19.4. The fourth-order valence-corrected chi connectivity index (χ4v) is 7.71. The summed E-state index contributed by atoms with van der Waals surface area (Å²) in [6.07, 6.45) is 11.8. The fraction of sp³-hybridized carbons (Fsp3) is 0.846. The number of hydrogen-bond acceptors (Lipinski definition) is 4. The van der Waals surface area contributed by atoms with Crippen LogP contribution in [0.3, 0.4) is 0 Å². The zero-order chi connectivity index (χ0) is 21.5. The first-order chi connectivity index (χ1) is 14.3.